The Morgan fingerprint density at radius 1 is 1.12 bits per heavy atom. The van der Waals surface area contributed by atoms with Crippen LogP contribution in [0.1, 0.15) is 24.1 Å². The number of fused-ring (bicyclic) bond motifs is 1. The number of aromatic nitrogens is 5. The van der Waals surface area contributed by atoms with E-state index in [9.17, 15) is 9.18 Å². The minimum atomic E-state index is -0.522. The second kappa shape index (κ2) is 9.44. The molecule has 1 aliphatic rings. The zero-order valence-corrected chi connectivity index (χ0v) is 19.0. The monoisotopic (exact) mass is 473 g/mol. The minimum absolute atomic E-state index is 0.265. The second-order valence-corrected chi connectivity index (χ2v) is 8.53. The zero-order valence-electron chi connectivity index (χ0n) is 18.1. The third-order valence-electron chi connectivity index (χ3n) is 5.33. The fourth-order valence-corrected chi connectivity index (χ4v) is 4.55. The van der Waals surface area contributed by atoms with Crippen LogP contribution >= 0.6 is 11.8 Å². The highest BCUT2D eigenvalue weighted by Crippen LogP contribution is 2.36. The number of hydrogen-bond donors (Lipinski definition) is 2. The molecule has 0 saturated heterocycles. The van der Waals surface area contributed by atoms with E-state index in [0.717, 1.165) is 5.56 Å². The highest BCUT2D eigenvalue weighted by Gasteiger charge is 2.34. The summed E-state index contributed by atoms with van der Waals surface area (Å²) >= 11 is 1.33. The van der Waals surface area contributed by atoms with Crippen molar-refractivity contribution in [3.8, 4) is 0 Å². The lowest BCUT2D eigenvalue weighted by Gasteiger charge is -2.28. The molecule has 34 heavy (non-hydrogen) atoms. The van der Waals surface area contributed by atoms with Gasteiger partial charge in [0.25, 0.3) is 5.91 Å². The first-order chi connectivity index (χ1) is 16.6. The number of nitrogens with one attached hydrogen (secondary N) is 2. The third kappa shape index (κ3) is 4.40. The summed E-state index contributed by atoms with van der Waals surface area (Å²) in [5.41, 5.74) is 3.16. The van der Waals surface area contributed by atoms with Crippen LogP contribution in [0.3, 0.4) is 0 Å². The number of anilines is 2. The van der Waals surface area contributed by atoms with Crippen LogP contribution in [0.2, 0.25) is 0 Å². The van der Waals surface area contributed by atoms with Gasteiger partial charge < -0.3 is 10.6 Å². The van der Waals surface area contributed by atoms with Gasteiger partial charge in [-0.15, -0.1) is 5.10 Å². The van der Waals surface area contributed by atoms with E-state index in [1.165, 1.54) is 17.8 Å². The van der Waals surface area contributed by atoms with Gasteiger partial charge in [0.2, 0.25) is 11.1 Å². The highest BCUT2D eigenvalue weighted by molar-refractivity contribution is 7.98. The van der Waals surface area contributed by atoms with E-state index >= 15 is 0 Å². The van der Waals surface area contributed by atoms with E-state index in [2.05, 4.69) is 30.7 Å². The summed E-state index contributed by atoms with van der Waals surface area (Å²) in [7, 11) is 0. The molecule has 8 nitrogen and oxygen atoms in total. The molecule has 0 unspecified atom stereocenters. The zero-order chi connectivity index (χ0) is 23.5. The number of rotatable bonds is 6. The van der Waals surface area contributed by atoms with E-state index in [-0.39, 0.29) is 11.7 Å². The molecule has 0 saturated carbocycles. The van der Waals surface area contributed by atoms with Crippen molar-refractivity contribution in [2.45, 2.75) is 23.9 Å². The molecule has 1 amide bonds. The molecule has 5 rings (SSSR count). The summed E-state index contributed by atoms with van der Waals surface area (Å²) in [4.78, 5) is 26.1. The molecule has 4 aromatic rings. The van der Waals surface area contributed by atoms with Crippen LogP contribution in [0.5, 0.6) is 0 Å². The van der Waals surface area contributed by atoms with E-state index in [0.29, 0.717) is 39.4 Å². The van der Waals surface area contributed by atoms with Crippen molar-refractivity contribution in [2.75, 3.05) is 10.6 Å². The summed E-state index contributed by atoms with van der Waals surface area (Å²) in [5.74, 6) is 0.352. The lowest BCUT2D eigenvalue weighted by atomic mass is 9.96. The van der Waals surface area contributed by atoms with Gasteiger partial charge >= 0.3 is 0 Å². The molecule has 10 heteroatoms. The predicted octanol–water partition coefficient (Wildman–Crippen LogP) is 4.43. The van der Waals surface area contributed by atoms with Gasteiger partial charge in [0, 0.05) is 30.0 Å². The van der Waals surface area contributed by atoms with Crippen molar-refractivity contribution >= 4 is 29.3 Å². The predicted molar refractivity (Wildman–Crippen MR) is 128 cm³/mol. The number of pyridine rings is 2. The maximum Gasteiger partial charge on any atom is 0.255 e. The molecule has 0 radical (unpaired) electrons. The number of hydrogen-bond acceptors (Lipinski definition) is 7. The van der Waals surface area contributed by atoms with Gasteiger partial charge in [-0.2, -0.15) is 4.98 Å². The maximum absolute atomic E-state index is 14.0. The Bertz CT molecular complexity index is 1360. The first kappa shape index (κ1) is 21.8. The van der Waals surface area contributed by atoms with Crippen molar-refractivity contribution in [3.05, 3.63) is 102 Å². The molecule has 2 N–H and O–H groups in total. The third-order valence-corrected chi connectivity index (χ3v) is 6.22. The van der Waals surface area contributed by atoms with Crippen molar-refractivity contribution in [1.82, 2.24) is 24.7 Å². The molecular weight excluding hydrogens is 453 g/mol. The summed E-state index contributed by atoms with van der Waals surface area (Å²) in [6, 6.07) is 13.3. The van der Waals surface area contributed by atoms with Gasteiger partial charge in [-0.3, -0.25) is 14.8 Å². The van der Waals surface area contributed by atoms with E-state index < -0.39 is 6.04 Å². The van der Waals surface area contributed by atoms with E-state index in [4.69, 9.17) is 0 Å². The number of carbonyl (C=O) groups is 1. The largest absolute Gasteiger partial charge is 0.328 e. The van der Waals surface area contributed by atoms with Crippen LogP contribution in [0.15, 0.2) is 89.7 Å². The first-order valence-corrected chi connectivity index (χ1v) is 11.5. The average Bonchev–Trinajstić information content (AvgIpc) is 3.26. The number of amides is 1. The molecule has 1 atom stereocenters. The first-order valence-electron chi connectivity index (χ1n) is 10.5. The van der Waals surface area contributed by atoms with Crippen LogP contribution in [0, 0.1) is 5.82 Å². The van der Waals surface area contributed by atoms with E-state index in [1.54, 1.807) is 59.8 Å². The number of carbonyl (C=O) groups excluding carboxylic acids is 1. The van der Waals surface area contributed by atoms with Gasteiger partial charge in [0.15, 0.2) is 0 Å². The number of benzene rings is 1. The molecule has 0 spiro atoms. The summed E-state index contributed by atoms with van der Waals surface area (Å²) < 4.78 is 15.7. The van der Waals surface area contributed by atoms with Gasteiger partial charge in [-0.05, 0) is 48.4 Å². The smallest absolute Gasteiger partial charge is 0.255 e. The average molecular weight is 474 g/mol. The molecule has 1 aromatic carbocycles. The van der Waals surface area contributed by atoms with Crippen molar-refractivity contribution in [3.63, 3.8) is 0 Å². The van der Waals surface area contributed by atoms with Crippen LogP contribution < -0.4 is 10.6 Å². The number of thioether (sulfide) groups is 1. The highest BCUT2D eigenvalue weighted by atomic mass is 32.2. The molecule has 3 aromatic heterocycles. The molecule has 1 aliphatic heterocycles. The number of allylic oxidation sites excluding steroid dienone is 1. The Labute approximate surface area is 199 Å². The van der Waals surface area contributed by atoms with Crippen molar-refractivity contribution < 1.29 is 9.18 Å². The standard InChI is InChI=1S/C24H20FN7OS/c1-15-20(22(33)29-18-6-4-10-27-13-18)21(16-8-11-26-12-9-16)32-23(28-15)30-24(31-32)34-14-17-5-2-3-7-19(17)25/h2-13,21H,14H2,1H3,(H,29,33)(H,28,30,31)/t21-/m1/s1. The molecule has 0 bridgehead atoms. The van der Waals surface area contributed by atoms with Crippen LogP contribution in [-0.4, -0.2) is 30.6 Å². The van der Waals surface area contributed by atoms with Gasteiger partial charge in [-0.1, -0.05) is 30.0 Å². The van der Waals surface area contributed by atoms with Crippen LogP contribution in [0.4, 0.5) is 16.0 Å². The fraction of sp³-hybridized carbons (Fsp3) is 0.125. The van der Waals surface area contributed by atoms with Crippen molar-refractivity contribution in [1.29, 1.82) is 0 Å². The Morgan fingerprint density at radius 2 is 1.94 bits per heavy atom. The normalized spacial score (nSPS) is 14.9. The van der Waals surface area contributed by atoms with Gasteiger partial charge in [0.1, 0.15) is 11.9 Å². The summed E-state index contributed by atoms with van der Waals surface area (Å²) in [5, 5.41) is 11.2. The molecule has 4 heterocycles. The quantitative estimate of drug-likeness (QED) is 0.400. The lowest BCUT2D eigenvalue weighted by Crippen LogP contribution is -2.31. The van der Waals surface area contributed by atoms with Crippen LogP contribution in [-0.2, 0) is 10.5 Å². The van der Waals surface area contributed by atoms with Gasteiger partial charge in [-0.25, -0.2) is 9.07 Å². The number of nitrogens with zero attached hydrogens (tertiary/aromatic N) is 5. The Kier molecular flexibility index (Phi) is 6.05. The Hall–Kier alpha value is -4.05. The molecule has 0 fully saturated rings. The Morgan fingerprint density at radius 3 is 2.71 bits per heavy atom. The second-order valence-electron chi connectivity index (χ2n) is 7.59. The summed E-state index contributed by atoms with van der Waals surface area (Å²) in [6.45, 7) is 1.83. The minimum Gasteiger partial charge on any atom is -0.328 e. The Balaban J connectivity index is 1.48. The SMILES string of the molecule is CC1=C(C(=O)Nc2cccnc2)[C@@H](c2ccncc2)n2nc(SCc3ccccc3F)nc2N1. The molecule has 170 valence electrons. The number of halogens is 1. The molecular formula is C24H20FN7OS. The van der Waals surface area contributed by atoms with Gasteiger partial charge in [0.05, 0.1) is 17.5 Å². The van der Waals surface area contributed by atoms with E-state index in [1.807, 2.05) is 19.1 Å². The molecule has 0 aliphatic carbocycles. The maximum atomic E-state index is 14.0. The van der Waals surface area contributed by atoms with Crippen LogP contribution in [0.25, 0.3) is 0 Å². The topological polar surface area (TPSA) is 97.6 Å². The van der Waals surface area contributed by atoms with Crippen molar-refractivity contribution in [2.24, 2.45) is 0 Å². The fourth-order valence-electron chi connectivity index (χ4n) is 3.73. The summed E-state index contributed by atoms with van der Waals surface area (Å²) in [6.07, 6.45) is 6.58. The lowest BCUT2D eigenvalue weighted by molar-refractivity contribution is -0.113.